The SMILES string of the molecule is NC1(c2cnc(SCC3CCCC3)cn2)c2ccccc2CC12CCNCC2. The summed E-state index contributed by atoms with van der Waals surface area (Å²) in [5.41, 5.74) is 10.3. The van der Waals surface area contributed by atoms with Crippen molar-refractivity contribution in [1.29, 1.82) is 0 Å². The summed E-state index contributed by atoms with van der Waals surface area (Å²) < 4.78 is 0. The van der Waals surface area contributed by atoms with Gasteiger partial charge in [0.15, 0.2) is 0 Å². The number of thioether (sulfide) groups is 1. The smallest absolute Gasteiger partial charge is 0.114 e. The normalized spacial score (nSPS) is 26.6. The molecular weight excluding hydrogens is 364 g/mol. The van der Waals surface area contributed by atoms with Crippen LogP contribution in [0, 0.1) is 11.3 Å². The summed E-state index contributed by atoms with van der Waals surface area (Å²) in [4.78, 5) is 9.68. The molecule has 5 rings (SSSR count). The van der Waals surface area contributed by atoms with Gasteiger partial charge >= 0.3 is 0 Å². The minimum Gasteiger partial charge on any atom is -0.317 e. The maximum Gasteiger partial charge on any atom is 0.114 e. The van der Waals surface area contributed by atoms with Crippen LogP contribution in [-0.4, -0.2) is 28.8 Å². The molecule has 0 radical (unpaired) electrons. The van der Waals surface area contributed by atoms with Crippen molar-refractivity contribution in [3.8, 4) is 0 Å². The van der Waals surface area contributed by atoms with Gasteiger partial charge in [-0.1, -0.05) is 37.1 Å². The lowest BCUT2D eigenvalue weighted by atomic mass is 9.63. The summed E-state index contributed by atoms with van der Waals surface area (Å²) in [7, 11) is 0. The highest BCUT2D eigenvalue weighted by Gasteiger charge is 2.57. The second-order valence-corrected chi connectivity index (χ2v) is 9.91. The van der Waals surface area contributed by atoms with Crippen molar-refractivity contribution in [3.63, 3.8) is 0 Å². The van der Waals surface area contributed by atoms with Crippen LogP contribution in [0.5, 0.6) is 0 Å². The van der Waals surface area contributed by atoms with Crippen molar-refractivity contribution in [2.24, 2.45) is 17.1 Å². The molecule has 1 saturated heterocycles. The largest absolute Gasteiger partial charge is 0.317 e. The fraction of sp³-hybridized carbons (Fsp3) is 0.565. The third kappa shape index (κ3) is 2.99. The van der Waals surface area contributed by atoms with Gasteiger partial charge in [-0.3, -0.25) is 4.98 Å². The molecule has 2 aliphatic carbocycles. The zero-order valence-corrected chi connectivity index (χ0v) is 17.3. The van der Waals surface area contributed by atoms with Crippen LogP contribution in [0.3, 0.4) is 0 Å². The molecule has 3 N–H and O–H groups in total. The van der Waals surface area contributed by atoms with Crippen molar-refractivity contribution in [3.05, 3.63) is 53.5 Å². The highest BCUT2D eigenvalue weighted by molar-refractivity contribution is 7.99. The van der Waals surface area contributed by atoms with Gasteiger partial charge in [0.1, 0.15) is 5.03 Å². The average molecular weight is 395 g/mol. The third-order valence-corrected chi connectivity index (χ3v) is 8.49. The summed E-state index contributed by atoms with van der Waals surface area (Å²) in [5.74, 6) is 2.02. The Morgan fingerprint density at radius 2 is 1.86 bits per heavy atom. The first-order valence-corrected chi connectivity index (χ1v) is 11.7. The van der Waals surface area contributed by atoms with E-state index < -0.39 is 5.54 Å². The highest BCUT2D eigenvalue weighted by Crippen LogP contribution is 2.56. The molecule has 28 heavy (non-hydrogen) atoms. The standard InChI is InChI=1S/C23H30N4S/c24-23(20-14-27-21(15-26-20)28-16-17-5-1-2-6-17)19-8-4-3-7-18(19)13-22(23)9-11-25-12-10-22/h3-4,7-8,14-15,17,25H,1-2,5-6,9-13,16,24H2. The van der Waals surface area contributed by atoms with E-state index in [2.05, 4.69) is 29.6 Å². The van der Waals surface area contributed by atoms with Crippen molar-refractivity contribution in [2.45, 2.75) is 55.5 Å². The molecule has 0 amide bonds. The number of hydrogen-bond donors (Lipinski definition) is 2. The van der Waals surface area contributed by atoms with E-state index in [-0.39, 0.29) is 5.41 Å². The third-order valence-electron chi connectivity index (χ3n) is 7.34. The summed E-state index contributed by atoms with van der Waals surface area (Å²) in [6, 6.07) is 8.69. The lowest BCUT2D eigenvalue weighted by Crippen LogP contribution is -2.55. The fourth-order valence-corrected chi connectivity index (χ4v) is 6.70. The van der Waals surface area contributed by atoms with Gasteiger partial charge in [-0.15, -0.1) is 11.8 Å². The van der Waals surface area contributed by atoms with Crippen LogP contribution in [0.25, 0.3) is 0 Å². The zero-order valence-electron chi connectivity index (χ0n) is 16.5. The molecule has 2 fully saturated rings. The van der Waals surface area contributed by atoms with Crippen LogP contribution in [0.4, 0.5) is 0 Å². The van der Waals surface area contributed by atoms with E-state index >= 15 is 0 Å². The van der Waals surface area contributed by atoms with Crippen molar-refractivity contribution >= 4 is 11.8 Å². The number of fused-ring (bicyclic) bond motifs is 1. The number of piperidine rings is 1. The predicted molar refractivity (Wildman–Crippen MR) is 114 cm³/mol. The van der Waals surface area contributed by atoms with Crippen LogP contribution in [-0.2, 0) is 12.0 Å². The number of nitrogens with two attached hydrogens (primary N) is 1. The monoisotopic (exact) mass is 394 g/mol. The van der Waals surface area contributed by atoms with Gasteiger partial charge in [-0.25, -0.2) is 4.98 Å². The van der Waals surface area contributed by atoms with E-state index in [0.29, 0.717) is 0 Å². The van der Waals surface area contributed by atoms with Crippen molar-refractivity contribution in [2.75, 3.05) is 18.8 Å². The summed E-state index contributed by atoms with van der Waals surface area (Å²) in [6.45, 7) is 2.05. The number of nitrogens with one attached hydrogen (secondary N) is 1. The van der Waals surface area contributed by atoms with Crippen molar-refractivity contribution in [1.82, 2.24) is 15.3 Å². The molecule has 1 spiro atoms. The molecule has 5 heteroatoms. The molecule has 2 aromatic rings. The molecule has 4 nitrogen and oxygen atoms in total. The first-order chi connectivity index (χ1) is 13.7. The van der Waals surface area contributed by atoms with Gasteiger partial charge in [0.25, 0.3) is 0 Å². The zero-order chi connectivity index (χ0) is 19.0. The molecule has 3 aliphatic rings. The Labute approximate surface area is 172 Å². The second-order valence-electron chi connectivity index (χ2n) is 8.87. The number of nitrogens with zero attached hydrogens (tertiary/aromatic N) is 2. The van der Waals surface area contributed by atoms with Gasteiger partial charge in [-0.05, 0) is 62.2 Å². The average Bonchev–Trinajstić information content (AvgIpc) is 3.34. The Morgan fingerprint density at radius 3 is 2.61 bits per heavy atom. The molecule has 1 aromatic heterocycles. The quantitative estimate of drug-likeness (QED) is 0.771. The van der Waals surface area contributed by atoms with Gasteiger partial charge in [-0.2, -0.15) is 0 Å². The van der Waals surface area contributed by atoms with E-state index in [0.717, 1.165) is 49.0 Å². The molecule has 148 valence electrons. The van der Waals surface area contributed by atoms with E-state index in [1.54, 1.807) is 0 Å². The summed E-state index contributed by atoms with van der Waals surface area (Å²) in [6.07, 6.45) is 12.7. The maximum atomic E-state index is 7.29. The lowest BCUT2D eigenvalue weighted by Gasteiger charge is -2.46. The van der Waals surface area contributed by atoms with Crippen LogP contribution < -0.4 is 11.1 Å². The Morgan fingerprint density at radius 1 is 1.07 bits per heavy atom. The minimum absolute atomic E-state index is 0.0368. The van der Waals surface area contributed by atoms with E-state index in [4.69, 9.17) is 15.7 Å². The summed E-state index contributed by atoms with van der Waals surface area (Å²) >= 11 is 1.86. The van der Waals surface area contributed by atoms with Crippen LogP contribution in [0.2, 0.25) is 0 Å². The Balaban J connectivity index is 1.45. The molecular formula is C23H30N4S. The number of hydrogen-bond acceptors (Lipinski definition) is 5. The Kier molecular flexibility index (Phi) is 4.93. The predicted octanol–water partition coefficient (Wildman–Crippen LogP) is 3.89. The molecule has 1 unspecified atom stereocenters. The van der Waals surface area contributed by atoms with Crippen LogP contribution in [0.15, 0.2) is 41.7 Å². The van der Waals surface area contributed by atoms with Gasteiger partial charge in [0.2, 0.25) is 0 Å². The lowest BCUT2D eigenvalue weighted by molar-refractivity contribution is 0.117. The van der Waals surface area contributed by atoms with E-state index in [1.807, 2.05) is 24.2 Å². The highest BCUT2D eigenvalue weighted by atomic mass is 32.2. The minimum atomic E-state index is -0.548. The number of aromatic nitrogens is 2. The first-order valence-electron chi connectivity index (χ1n) is 10.7. The number of rotatable bonds is 4. The fourth-order valence-electron chi connectivity index (χ4n) is 5.71. The summed E-state index contributed by atoms with van der Waals surface area (Å²) in [5, 5.41) is 4.54. The van der Waals surface area contributed by atoms with E-state index in [1.165, 1.54) is 42.6 Å². The first kappa shape index (κ1) is 18.6. The van der Waals surface area contributed by atoms with Gasteiger partial charge < -0.3 is 11.1 Å². The second kappa shape index (κ2) is 7.43. The Bertz CT molecular complexity index is 825. The molecule has 1 atom stereocenters. The topological polar surface area (TPSA) is 63.8 Å². The van der Waals surface area contributed by atoms with Gasteiger partial charge in [0, 0.05) is 11.2 Å². The molecule has 2 heterocycles. The van der Waals surface area contributed by atoms with Crippen LogP contribution in [0.1, 0.15) is 55.3 Å². The Hall–Kier alpha value is -1.43. The maximum absolute atomic E-state index is 7.29. The van der Waals surface area contributed by atoms with Gasteiger partial charge in [0.05, 0.1) is 23.6 Å². The molecule has 1 aliphatic heterocycles. The van der Waals surface area contributed by atoms with E-state index in [9.17, 15) is 0 Å². The number of benzene rings is 1. The van der Waals surface area contributed by atoms with Crippen LogP contribution >= 0.6 is 11.8 Å². The molecule has 1 saturated carbocycles. The van der Waals surface area contributed by atoms with Crippen molar-refractivity contribution < 1.29 is 0 Å². The molecule has 0 bridgehead atoms. The molecule has 1 aromatic carbocycles.